The van der Waals surface area contributed by atoms with Gasteiger partial charge in [0.15, 0.2) is 0 Å². The average molecular weight is 245 g/mol. The highest BCUT2D eigenvalue weighted by Crippen LogP contribution is 2.24. The normalized spacial score (nSPS) is 18.8. The fraction of sp³-hybridized carbons (Fsp3) is 0.500. The SMILES string of the molecule is Cc1ccc(CNC[C@@H]2CCCn3ccnc32)o1. The number of hydrogen-bond acceptors (Lipinski definition) is 3. The molecule has 0 aliphatic carbocycles. The van der Waals surface area contributed by atoms with Gasteiger partial charge in [0.1, 0.15) is 17.3 Å². The van der Waals surface area contributed by atoms with Gasteiger partial charge in [-0.1, -0.05) is 0 Å². The Labute approximate surface area is 107 Å². The number of aryl methyl sites for hydroxylation is 2. The summed E-state index contributed by atoms with van der Waals surface area (Å²) in [6.07, 6.45) is 6.46. The minimum Gasteiger partial charge on any atom is -0.465 e. The van der Waals surface area contributed by atoms with Gasteiger partial charge in [-0.05, 0) is 31.9 Å². The van der Waals surface area contributed by atoms with Crippen LogP contribution in [0.4, 0.5) is 0 Å². The third-order valence-corrected chi connectivity index (χ3v) is 3.55. The molecule has 3 heterocycles. The Balaban J connectivity index is 1.55. The lowest BCUT2D eigenvalue weighted by molar-refractivity contribution is 0.406. The molecule has 0 fully saturated rings. The second-order valence-electron chi connectivity index (χ2n) is 4.96. The van der Waals surface area contributed by atoms with Gasteiger partial charge in [-0.15, -0.1) is 0 Å². The first-order valence-corrected chi connectivity index (χ1v) is 6.60. The van der Waals surface area contributed by atoms with E-state index in [4.69, 9.17) is 4.42 Å². The summed E-state index contributed by atoms with van der Waals surface area (Å²) < 4.78 is 7.81. The van der Waals surface area contributed by atoms with Crippen molar-refractivity contribution in [2.24, 2.45) is 0 Å². The Bertz CT molecular complexity index is 515. The van der Waals surface area contributed by atoms with Gasteiger partial charge in [0.05, 0.1) is 6.54 Å². The smallest absolute Gasteiger partial charge is 0.117 e. The zero-order valence-electron chi connectivity index (χ0n) is 10.7. The molecule has 0 aromatic carbocycles. The number of furan rings is 1. The maximum atomic E-state index is 5.54. The van der Waals surface area contributed by atoms with Gasteiger partial charge in [0.25, 0.3) is 0 Å². The van der Waals surface area contributed by atoms with Gasteiger partial charge in [0.2, 0.25) is 0 Å². The Morgan fingerprint density at radius 1 is 1.50 bits per heavy atom. The molecule has 1 N–H and O–H groups in total. The molecule has 3 rings (SSSR count). The van der Waals surface area contributed by atoms with Gasteiger partial charge in [-0.2, -0.15) is 0 Å². The van der Waals surface area contributed by atoms with E-state index < -0.39 is 0 Å². The molecule has 96 valence electrons. The lowest BCUT2D eigenvalue weighted by Gasteiger charge is -2.23. The predicted molar refractivity (Wildman–Crippen MR) is 69.4 cm³/mol. The number of fused-ring (bicyclic) bond motifs is 1. The van der Waals surface area contributed by atoms with Crippen LogP contribution in [0.15, 0.2) is 28.9 Å². The molecule has 1 atom stereocenters. The summed E-state index contributed by atoms with van der Waals surface area (Å²) in [5.41, 5.74) is 0. The first-order chi connectivity index (χ1) is 8.83. The molecule has 2 aromatic rings. The molecule has 18 heavy (non-hydrogen) atoms. The number of imidazole rings is 1. The second kappa shape index (κ2) is 4.98. The Morgan fingerprint density at radius 2 is 2.44 bits per heavy atom. The summed E-state index contributed by atoms with van der Waals surface area (Å²) in [4.78, 5) is 4.47. The molecule has 4 heteroatoms. The number of hydrogen-bond donors (Lipinski definition) is 1. The molecule has 0 saturated heterocycles. The van der Waals surface area contributed by atoms with Crippen LogP contribution in [0.25, 0.3) is 0 Å². The lowest BCUT2D eigenvalue weighted by atomic mass is 9.99. The van der Waals surface area contributed by atoms with E-state index in [0.29, 0.717) is 5.92 Å². The quantitative estimate of drug-likeness (QED) is 0.899. The number of aromatic nitrogens is 2. The van der Waals surface area contributed by atoms with Crippen molar-refractivity contribution in [3.8, 4) is 0 Å². The van der Waals surface area contributed by atoms with Crippen LogP contribution >= 0.6 is 0 Å². The van der Waals surface area contributed by atoms with E-state index in [0.717, 1.165) is 31.2 Å². The molecule has 0 saturated carbocycles. The van der Waals surface area contributed by atoms with E-state index >= 15 is 0 Å². The molecular formula is C14H19N3O. The summed E-state index contributed by atoms with van der Waals surface area (Å²) in [6, 6.07) is 4.04. The number of nitrogens with zero attached hydrogens (tertiary/aromatic N) is 2. The van der Waals surface area contributed by atoms with Crippen LogP contribution in [0.3, 0.4) is 0 Å². The van der Waals surface area contributed by atoms with Crippen molar-refractivity contribution in [1.29, 1.82) is 0 Å². The van der Waals surface area contributed by atoms with E-state index in [1.54, 1.807) is 0 Å². The fourth-order valence-corrected chi connectivity index (χ4v) is 2.65. The van der Waals surface area contributed by atoms with E-state index in [1.165, 1.54) is 18.7 Å². The van der Waals surface area contributed by atoms with Crippen molar-refractivity contribution in [2.75, 3.05) is 6.54 Å². The highest BCUT2D eigenvalue weighted by Gasteiger charge is 2.20. The minimum absolute atomic E-state index is 0.532. The third-order valence-electron chi connectivity index (χ3n) is 3.55. The van der Waals surface area contributed by atoms with Crippen LogP contribution in [0.1, 0.15) is 36.1 Å². The number of nitrogens with one attached hydrogen (secondary N) is 1. The second-order valence-corrected chi connectivity index (χ2v) is 4.96. The van der Waals surface area contributed by atoms with Crippen molar-refractivity contribution < 1.29 is 4.42 Å². The van der Waals surface area contributed by atoms with Crippen molar-refractivity contribution in [2.45, 2.75) is 38.8 Å². The standard InChI is InChI=1S/C14H19N3O/c1-11-4-5-13(18-11)10-15-9-12-3-2-7-17-8-6-16-14(12)17/h4-6,8,12,15H,2-3,7,9-10H2,1H3/t12-/m0/s1. The summed E-state index contributed by atoms with van der Waals surface area (Å²) >= 11 is 0. The maximum Gasteiger partial charge on any atom is 0.117 e. The maximum absolute atomic E-state index is 5.54. The lowest BCUT2D eigenvalue weighted by Crippen LogP contribution is -2.26. The summed E-state index contributed by atoms with van der Waals surface area (Å²) in [7, 11) is 0. The van der Waals surface area contributed by atoms with Crippen LogP contribution in [0.5, 0.6) is 0 Å². The average Bonchev–Trinajstić information content (AvgIpc) is 2.98. The monoisotopic (exact) mass is 245 g/mol. The van der Waals surface area contributed by atoms with Gasteiger partial charge < -0.3 is 14.3 Å². The van der Waals surface area contributed by atoms with Crippen molar-refractivity contribution in [3.05, 3.63) is 41.9 Å². The van der Waals surface area contributed by atoms with Crippen LogP contribution in [0.2, 0.25) is 0 Å². The third kappa shape index (κ3) is 2.34. The minimum atomic E-state index is 0.532. The highest BCUT2D eigenvalue weighted by atomic mass is 16.3. The topological polar surface area (TPSA) is 43.0 Å². The van der Waals surface area contributed by atoms with Crippen LogP contribution < -0.4 is 5.32 Å². The summed E-state index contributed by atoms with van der Waals surface area (Å²) in [6.45, 7) is 4.85. The van der Waals surface area contributed by atoms with Crippen molar-refractivity contribution >= 4 is 0 Å². The van der Waals surface area contributed by atoms with E-state index in [1.807, 2.05) is 25.3 Å². The Morgan fingerprint density at radius 3 is 3.28 bits per heavy atom. The largest absolute Gasteiger partial charge is 0.465 e. The van der Waals surface area contributed by atoms with Gasteiger partial charge in [-0.25, -0.2) is 4.98 Å². The predicted octanol–water partition coefficient (Wildman–Crippen LogP) is 2.45. The molecule has 0 unspecified atom stereocenters. The zero-order valence-corrected chi connectivity index (χ0v) is 10.7. The Kier molecular flexibility index (Phi) is 3.19. The first kappa shape index (κ1) is 11.5. The van der Waals surface area contributed by atoms with Crippen molar-refractivity contribution in [3.63, 3.8) is 0 Å². The molecule has 0 spiro atoms. The highest BCUT2D eigenvalue weighted by molar-refractivity contribution is 5.06. The summed E-state index contributed by atoms with van der Waals surface area (Å²) in [5.74, 6) is 3.74. The van der Waals surface area contributed by atoms with E-state index in [2.05, 4.69) is 21.1 Å². The van der Waals surface area contributed by atoms with Gasteiger partial charge in [0, 0.05) is 31.4 Å². The van der Waals surface area contributed by atoms with Crippen LogP contribution in [0, 0.1) is 6.92 Å². The molecule has 4 nitrogen and oxygen atoms in total. The molecule has 1 aliphatic rings. The van der Waals surface area contributed by atoms with Gasteiger partial charge >= 0.3 is 0 Å². The van der Waals surface area contributed by atoms with Crippen LogP contribution in [-0.4, -0.2) is 16.1 Å². The zero-order chi connectivity index (χ0) is 12.4. The molecule has 0 radical (unpaired) electrons. The Hall–Kier alpha value is -1.55. The summed E-state index contributed by atoms with van der Waals surface area (Å²) in [5, 5.41) is 3.47. The first-order valence-electron chi connectivity index (χ1n) is 6.60. The molecule has 0 bridgehead atoms. The van der Waals surface area contributed by atoms with E-state index in [-0.39, 0.29) is 0 Å². The molecule has 2 aromatic heterocycles. The van der Waals surface area contributed by atoms with Gasteiger partial charge in [-0.3, -0.25) is 0 Å². The van der Waals surface area contributed by atoms with Crippen molar-refractivity contribution in [1.82, 2.24) is 14.9 Å². The molecular weight excluding hydrogens is 226 g/mol. The van der Waals surface area contributed by atoms with Crippen LogP contribution in [-0.2, 0) is 13.1 Å². The van der Waals surface area contributed by atoms with E-state index in [9.17, 15) is 0 Å². The fourth-order valence-electron chi connectivity index (χ4n) is 2.65. The molecule has 0 amide bonds. The number of rotatable bonds is 4. The molecule has 1 aliphatic heterocycles.